The number of nitrogens with zero attached hydrogens (tertiary/aromatic N) is 1. The van der Waals surface area contributed by atoms with Gasteiger partial charge in [-0.3, -0.25) is 14.4 Å². The van der Waals surface area contributed by atoms with Gasteiger partial charge >= 0.3 is 12.1 Å². The van der Waals surface area contributed by atoms with Crippen LogP contribution in [0.25, 0.3) is 0 Å². The summed E-state index contributed by atoms with van der Waals surface area (Å²) in [6.07, 6.45) is -4.71. The highest BCUT2D eigenvalue weighted by Gasteiger charge is 2.36. The van der Waals surface area contributed by atoms with Crippen LogP contribution in [0.4, 0.5) is 24.5 Å². The van der Waals surface area contributed by atoms with Gasteiger partial charge in [-0.2, -0.15) is 13.2 Å². The van der Waals surface area contributed by atoms with E-state index < -0.39 is 36.1 Å². The molecule has 0 unspecified atom stereocenters. The molecule has 0 aliphatic carbocycles. The smallest absolute Gasteiger partial charge is 0.416 e. The van der Waals surface area contributed by atoms with Crippen LogP contribution in [-0.2, 0) is 25.3 Å². The lowest BCUT2D eigenvalue weighted by Gasteiger charge is -2.17. The fourth-order valence-electron chi connectivity index (χ4n) is 3.13. The summed E-state index contributed by atoms with van der Waals surface area (Å²) < 4.78 is 48.6. The van der Waals surface area contributed by atoms with Gasteiger partial charge in [0.05, 0.1) is 29.3 Å². The molecule has 170 valence electrons. The second-order valence-electron chi connectivity index (χ2n) is 6.96. The number of carbonyl (C=O) groups excluding carboxylic acids is 3. The van der Waals surface area contributed by atoms with Crippen LogP contribution in [0.3, 0.4) is 0 Å². The van der Waals surface area contributed by atoms with E-state index in [1.165, 1.54) is 12.0 Å². The van der Waals surface area contributed by atoms with Crippen molar-refractivity contribution in [1.82, 2.24) is 0 Å². The average molecular weight is 471 g/mol. The van der Waals surface area contributed by atoms with Crippen molar-refractivity contribution in [2.45, 2.75) is 12.6 Å². The molecule has 1 saturated heterocycles. The number of nitrogens with one attached hydrogen (secondary N) is 1. The van der Waals surface area contributed by atoms with E-state index in [1.807, 2.05) is 0 Å². The van der Waals surface area contributed by atoms with Gasteiger partial charge in [0.15, 0.2) is 6.61 Å². The van der Waals surface area contributed by atoms with E-state index in [1.54, 1.807) is 24.3 Å². The van der Waals surface area contributed by atoms with Crippen molar-refractivity contribution in [3.63, 3.8) is 0 Å². The molecule has 0 radical (unpaired) electrons. The van der Waals surface area contributed by atoms with Gasteiger partial charge in [0.1, 0.15) is 5.75 Å². The second-order valence-corrected chi connectivity index (χ2v) is 7.36. The van der Waals surface area contributed by atoms with Gasteiger partial charge in [0, 0.05) is 24.7 Å². The van der Waals surface area contributed by atoms with Gasteiger partial charge in [0.25, 0.3) is 5.91 Å². The quantitative estimate of drug-likeness (QED) is 0.647. The first-order chi connectivity index (χ1) is 15.1. The van der Waals surface area contributed by atoms with Crippen LogP contribution in [0.15, 0.2) is 42.5 Å². The van der Waals surface area contributed by atoms with E-state index in [0.29, 0.717) is 17.5 Å². The van der Waals surface area contributed by atoms with Crippen molar-refractivity contribution >= 4 is 40.8 Å². The van der Waals surface area contributed by atoms with Crippen molar-refractivity contribution in [3.05, 3.63) is 53.1 Å². The zero-order chi connectivity index (χ0) is 23.5. The van der Waals surface area contributed by atoms with E-state index in [-0.39, 0.29) is 29.6 Å². The lowest BCUT2D eigenvalue weighted by molar-refractivity contribution is -0.151. The SMILES string of the molecule is COc1cccc(N2C[C@@H](C(=O)OCC(=O)Nc3cc(C(F)(F)F)ccc3Cl)CC2=O)c1. The van der Waals surface area contributed by atoms with Crippen LogP contribution in [0.5, 0.6) is 5.75 Å². The lowest BCUT2D eigenvalue weighted by Crippen LogP contribution is -2.28. The van der Waals surface area contributed by atoms with Gasteiger partial charge in [-0.25, -0.2) is 0 Å². The fraction of sp³-hybridized carbons (Fsp3) is 0.286. The Morgan fingerprint density at radius 1 is 1.22 bits per heavy atom. The number of benzene rings is 2. The molecule has 1 aliphatic rings. The van der Waals surface area contributed by atoms with E-state index >= 15 is 0 Å². The third kappa shape index (κ3) is 5.50. The highest BCUT2D eigenvalue weighted by Crippen LogP contribution is 2.34. The zero-order valence-electron chi connectivity index (χ0n) is 16.7. The molecule has 32 heavy (non-hydrogen) atoms. The number of hydrogen-bond donors (Lipinski definition) is 1. The molecular weight excluding hydrogens is 453 g/mol. The summed E-state index contributed by atoms with van der Waals surface area (Å²) in [7, 11) is 1.49. The monoisotopic (exact) mass is 470 g/mol. The van der Waals surface area contributed by atoms with Crippen LogP contribution in [0.2, 0.25) is 5.02 Å². The molecule has 0 saturated carbocycles. The van der Waals surface area contributed by atoms with Gasteiger partial charge < -0.3 is 19.7 Å². The molecule has 3 rings (SSSR count). The second kappa shape index (κ2) is 9.47. The minimum absolute atomic E-state index is 0.0614. The number of rotatable bonds is 6. The largest absolute Gasteiger partial charge is 0.497 e. The summed E-state index contributed by atoms with van der Waals surface area (Å²) in [5.74, 6) is -2.17. The maximum Gasteiger partial charge on any atom is 0.416 e. The van der Waals surface area contributed by atoms with Gasteiger partial charge in [-0.1, -0.05) is 17.7 Å². The van der Waals surface area contributed by atoms with E-state index in [0.717, 1.165) is 12.1 Å². The molecule has 1 aliphatic heterocycles. The first-order valence-electron chi connectivity index (χ1n) is 9.36. The number of ether oxygens (including phenoxy) is 2. The molecule has 0 aromatic heterocycles. The molecule has 2 aromatic carbocycles. The number of esters is 1. The van der Waals surface area contributed by atoms with Gasteiger partial charge in [-0.05, 0) is 30.3 Å². The number of anilines is 2. The Morgan fingerprint density at radius 3 is 2.66 bits per heavy atom. The molecular formula is C21H18ClF3N2O5. The Kier molecular flexibility index (Phi) is 6.93. The molecule has 1 fully saturated rings. The van der Waals surface area contributed by atoms with Gasteiger partial charge in [0.2, 0.25) is 5.91 Å². The minimum atomic E-state index is -4.61. The topological polar surface area (TPSA) is 84.9 Å². The number of hydrogen-bond acceptors (Lipinski definition) is 5. The predicted molar refractivity (Wildman–Crippen MR) is 109 cm³/mol. The van der Waals surface area contributed by atoms with Crippen molar-refractivity contribution < 1.29 is 37.0 Å². The zero-order valence-corrected chi connectivity index (χ0v) is 17.5. The number of methoxy groups -OCH3 is 1. The summed E-state index contributed by atoms with van der Waals surface area (Å²) in [4.78, 5) is 38.1. The first-order valence-corrected chi connectivity index (χ1v) is 9.74. The number of alkyl halides is 3. The van der Waals surface area contributed by atoms with Crippen LogP contribution in [0, 0.1) is 5.92 Å². The normalized spacial score (nSPS) is 16.1. The molecule has 1 atom stereocenters. The Hall–Kier alpha value is -3.27. The molecule has 0 spiro atoms. The third-order valence-corrected chi connectivity index (χ3v) is 5.07. The maximum absolute atomic E-state index is 12.8. The minimum Gasteiger partial charge on any atom is -0.497 e. The van der Waals surface area contributed by atoms with Crippen molar-refractivity contribution in [2.24, 2.45) is 5.92 Å². The summed E-state index contributed by atoms with van der Waals surface area (Å²) in [5.41, 5.74) is -0.694. The summed E-state index contributed by atoms with van der Waals surface area (Å²) >= 11 is 5.83. The van der Waals surface area contributed by atoms with Crippen LogP contribution >= 0.6 is 11.6 Å². The van der Waals surface area contributed by atoms with E-state index in [2.05, 4.69) is 5.32 Å². The lowest BCUT2D eigenvalue weighted by atomic mass is 10.1. The Balaban J connectivity index is 1.57. The highest BCUT2D eigenvalue weighted by atomic mass is 35.5. The molecule has 7 nitrogen and oxygen atoms in total. The van der Waals surface area contributed by atoms with Crippen molar-refractivity contribution in [3.8, 4) is 5.75 Å². The highest BCUT2D eigenvalue weighted by molar-refractivity contribution is 6.33. The van der Waals surface area contributed by atoms with Gasteiger partial charge in [-0.15, -0.1) is 0 Å². The van der Waals surface area contributed by atoms with E-state index in [4.69, 9.17) is 21.1 Å². The summed E-state index contributed by atoms with van der Waals surface area (Å²) in [6, 6.07) is 9.23. The van der Waals surface area contributed by atoms with Crippen LogP contribution in [-0.4, -0.2) is 38.0 Å². The molecule has 0 bridgehead atoms. The molecule has 2 amide bonds. The maximum atomic E-state index is 12.8. The Bertz CT molecular complexity index is 1040. The standard InChI is InChI=1S/C21H18ClF3N2O5/c1-31-15-4-2-3-14(9-15)27-10-12(7-19(27)29)20(30)32-11-18(28)26-17-8-13(21(23,24)25)5-6-16(17)22/h2-6,8-9,12H,7,10-11H2,1H3,(H,26,28)/t12-/m0/s1. The average Bonchev–Trinajstić information content (AvgIpc) is 3.14. The fourth-order valence-corrected chi connectivity index (χ4v) is 3.30. The number of amides is 2. The molecule has 1 N–H and O–H groups in total. The number of halogens is 4. The van der Waals surface area contributed by atoms with Crippen LogP contribution in [0.1, 0.15) is 12.0 Å². The van der Waals surface area contributed by atoms with Crippen molar-refractivity contribution in [1.29, 1.82) is 0 Å². The molecule has 2 aromatic rings. The molecule has 11 heteroatoms. The predicted octanol–water partition coefficient (Wildman–Crippen LogP) is 3.90. The van der Waals surface area contributed by atoms with Crippen LogP contribution < -0.4 is 15.0 Å². The first kappa shape index (κ1) is 23.4. The molecule has 1 heterocycles. The Labute approximate surface area is 186 Å². The van der Waals surface area contributed by atoms with Crippen molar-refractivity contribution in [2.75, 3.05) is 30.5 Å². The summed E-state index contributed by atoms with van der Waals surface area (Å²) in [5, 5.41) is 2.08. The summed E-state index contributed by atoms with van der Waals surface area (Å²) in [6.45, 7) is -0.679. The number of carbonyl (C=O) groups is 3. The van der Waals surface area contributed by atoms with E-state index in [9.17, 15) is 27.6 Å². The third-order valence-electron chi connectivity index (χ3n) is 4.74. The Morgan fingerprint density at radius 2 is 1.97 bits per heavy atom.